The van der Waals surface area contributed by atoms with Gasteiger partial charge in [0.2, 0.25) is 0 Å². The number of fused-ring (bicyclic) bond motifs is 1. The number of hydrogen-bond donors (Lipinski definition) is 1. The Bertz CT molecular complexity index is 1200. The summed E-state index contributed by atoms with van der Waals surface area (Å²) < 4.78 is 1.71. The summed E-state index contributed by atoms with van der Waals surface area (Å²) in [6.45, 7) is 3.84. The van der Waals surface area contributed by atoms with Crippen molar-refractivity contribution in [3.05, 3.63) is 93.8 Å². The van der Waals surface area contributed by atoms with Gasteiger partial charge in [0.05, 0.1) is 16.5 Å². The van der Waals surface area contributed by atoms with Gasteiger partial charge in [0.15, 0.2) is 0 Å². The van der Waals surface area contributed by atoms with Crippen molar-refractivity contribution in [1.82, 2.24) is 14.5 Å². The monoisotopic (exact) mass is 390 g/mol. The largest absolute Gasteiger partial charge is 0.362 e. The predicted octanol–water partition coefficient (Wildman–Crippen LogP) is 4.92. The van der Waals surface area contributed by atoms with Crippen molar-refractivity contribution in [3.8, 4) is 5.69 Å². The van der Waals surface area contributed by atoms with Gasteiger partial charge in [-0.3, -0.25) is 9.36 Å². The molecule has 0 aliphatic heterocycles. The van der Waals surface area contributed by atoms with Gasteiger partial charge < -0.3 is 5.32 Å². The van der Waals surface area contributed by atoms with Crippen LogP contribution in [0.15, 0.2) is 71.7 Å². The topological polar surface area (TPSA) is 59.8 Å². The van der Waals surface area contributed by atoms with Gasteiger partial charge in [0.1, 0.15) is 11.6 Å². The predicted molar refractivity (Wildman–Crippen MR) is 113 cm³/mol. The Labute approximate surface area is 167 Å². The fourth-order valence-electron chi connectivity index (χ4n) is 3.33. The van der Waals surface area contributed by atoms with E-state index in [9.17, 15) is 4.79 Å². The van der Waals surface area contributed by atoms with Gasteiger partial charge in [-0.15, -0.1) is 0 Å². The number of benzene rings is 2. The van der Waals surface area contributed by atoms with Crippen LogP contribution in [0.2, 0.25) is 5.02 Å². The quantitative estimate of drug-likeness (QED) is 0.537. The Hall–Kier alpha value is -3.18. The molecule has 2 aromatic heterocycles. The minimum absolute atomic E-state index is 0.142. The molecule has 6 heteroatoms. The molecule has 0 fully saturated rings. The van der Waals surface area contributed by atoms with Crippen LogP contribution in [0.5, 0.6) is 0 Å². The van der Waals surface area contributed by atoms with Crippen molar-refractivity contribution in [2.24, 2.45) is 0 Å². The Kier molecular flexibility index (Phi) is 4.84. The van der Waals surface area contributed by atoms with E-state index in [1.807, 2.05) is 68.4 Å². The second-order valence-corrected chi connectivity index (χ2v) is 7.01. The summed E-state index contributed by atoms with van der Waals surface area (Å²) in [7, 11) is 0. The van der Waals surface area contributed by atoms with Crippen LogP contribution in [0, 0.1) is 6.92 Å². The minimum atomic E-state index is -0.175. The maximum Gasteiger partial charge on any atom is 0.264 e. The summed E-state index contributed by atoms with van der Waals surface area (Å²) in [4.78, 5) is 21.9. The molecule has 4 rings (SSSR count). The highest BCUT2D eigenvalue weighted by atomic mass is 35.5. The molecule has 2 heterocycles. The molecular weight excluding hydrogens is 372 g/mol. The van der Waals surface area contributed by atoms with Crippen LogP contribution < -0.4 is 10.9 Å². The van der Waals surface area contributed by atoms with Crippen molar-refractivity contribution in [2.75, 3.05) is 5.32 Å². The number of nitrogens with zero attached hydrogens (tertiary/aromatic N) is 3. The van der Waals surface area contributed by atoms with Crippen LogP contribution in [-0.4, -0.2) is 14.5 Å². The molecule has 0 bridgehead atoms. The highest BCUT2D eigenvalue weighted by molar-refractivity contribution is 6.35. The summed E-state index contributed by atoms with van der Waals surface area (Å²) in [5.41, 5.74) is 1.47. The SMILES string of the molecule is Cc1nccc(N[C@@H](C)c2cc3cccc(Cl)c3c(=O)n2-c2ccccc2)n1. The number of hydrogen-bond acceptors (Lipinski definition) is 4. The number of nitrogens with one attached hydrogen (secondary N) is 1. The summed E-state index contributed by atoms with van der Waals surface area (Å²) >= 11 is 6.35. The molecule has 5 nitrogen and oxygen atoms in total. The summed E-state index contributed by atoms with van der Waals surface area (Å²) in [6, 6.07) is 18.7. The molecule has 0 amide bonds. The van der Waals surface area contributed by atoms with E-state index in [0.717, 1.165) is 16.8 Å². The van der Waals surface area contributed by atoms with E-state index in [1.165, 1.54) is 0 Å². The number of halogens is 1. The fourth-order valence-corrected chi connectivity index (χ4v) is 3.60. The molecule has 140 valence electrons. The number of pyridine rings is 1. The molecule has 0 saturated heterocycles. The maximum absolute atomic E-state index is 13.4. The van der Waals surface area contributed by atoms with Gasteiger partial charge in [-0.05, 0) is 49.6 Å². The second-order valence-electron chi connectivity index (χ2n) is 6.60. The molecular formula is C22H19ClN4O. The highest BCUT2D eigenvalue weighted by Crippen LogP contribution is 2.26. The zero-order chi connectivity index (χ0) is 19.7. The van der Waals surface area contributed by atoms with Crippen molar-refractivity contribution >= 4 is 28.2 Å². The van der Waals surface area contributed by atoms with Crippen LogP contribution in [0.25, 0.3) is 16.5 Å². The number of aromatic nitrogens is 3. The molecule has 0 spiro atoms. The van der Waals surface area contributed by atoms with Gasteiger partial charge in [-0.2, -0.15) is 0 Å². The molecule has 0 radical (unpaired) electrons. The molecule has 0 saturated carbocycles. The molecule has 4 aromatic rings. The first-order valence-electron chi connectivity index (χ1n) is 9.00. The van der Waals surface area contributed by atoms with E-state index in [1.54, 1.807) is 16.8 Å². The van der Waals surface area contributed by atoms with Crippen LogP contribution in [-0.2, 0) is 0 Å². The molecule has 1 N–H and O–H groups in total. The molecule has 0 aliphatic rings. The van der Waals surface area contributed by atoms with Crippen molar-refractivity contribution in [2.45, 2.75) is 19.9 Å². The maximum atomic E-state index is 13.4. The van der Waals surface area contributed by atoms with Crippen LogP contribution in [0.1, 0.15) is 24.5 Å². The lowest BCUT2D eigenvalue weighted by molar-refractivity contribution is 0.771. The zero-order valence-corrected chi connectivity index (χ0v) is 16.3. The Morgan fingerprint density at radius 2 is 1.86 bits per heavy atom. The van der Waals surface area contributed by atoms with E-state index in [0.29, 0.717) is 22.1 Å². The fraction of sp³-hybridized carbons (Fsp3) is 0.136. The molecule has 2 aromatic carbocycles. The lowest BCUT2D eigenvalue weighted by atomic mass is 10.1. The minimum Gasteiger partial charge on any atom is -0.362 e. The lowest BCUT2D eigenvalue weighted by Gasteiger charge is -2.21. The first kappa shape index (κ1) is 18.2. The van der Waals surface area contributed by atoms with E-state index < -0.39 is 0 Å². The van der Waals surface area contributed by atoms with Crippen molar-refractivity contribution in [3.63, 3.8) is 0 Å². The molecule has 1 atom stereocenters. The Morgan fingerprint density at radius 1 is 1.07 bits per heavy atom. The zero-order valence-electron chi connectivity index (χ0n) is 15.6. The van der Waals surface area contributed by atoms with Crippen molar-refractivity contribution < 1.29 is 0 Å². The number of para-hydroxylation sites is 1. The summed E-state index contributed by atoms with van der Waals surface area (Å²) in [5.74, 6) is 1.39. The second kappa shape index (κ2) is 7.44. The van der Waals surface area contributed by atoms with E-state index in [-0.39, 0.29) is 11.6 Å². The third-order valence-electron chi connectivity index (χ3n) is 4.62. The van der Waals surface area contributed by atoms with Gasteiger partial charge >= 0.3 is 0 Å². The first-order chi connectivity index (χ1) is 13.5. The average Bonchev–Trinajstić information content (AvgIpc) is 2.68. The third-order valence-corrected chi connectivity index (χ3v) is 4.94. The molecule has 0 unspecified atom stereocenters. The third kappa shape index (κ3) is 3.37. The lowest BCUT2D eigenvalue weighted by Crippen LogP contribution is -2.25. The van der Waals surface area contributed by atoms with E-state index in [4.69, 9.17) is 11.6 Å². The van der Waals surface area contributed by atoms with Crippen LogP contribution >= 0.6 is 11.6 Å². The highest BCUT2D eigenvalue weighted by Gasteiger charge is 2.18. The first-order valence-corrected chi connectivity index (χ1v) is 9.38. The molecule has 28 heavy (non-hydrogen) atoms. The number of anilines is 1. The molecule has 0 aliphatic carbocycles. The smallest absolute Gasteiger partial charge is 0.264 e. The van der Waals surface area contributed by atoms with Gasteiger partial charge in [0.25, 0.3) is 5.56 Å². The summed E-state index contributed by atoms with van der Waals surface area (Å²) in [5, 5.41) is 5.15. The van der Waals surface area contributed by atoms with E-state index in [2.05, 4.69) is 15.3 Å². The number of aryl methyl sites for hydroxylation is 1. The Morgan fingerprint density at radius 3 is 2.61 bits per heavy atom. The Balaban J connectivity index is 1.92. The summed E-state index contributed by atoms with van der Waals surface area (Å²) in [6.07, 6.45) is 1.71. The van der Waals surface area contributed by atoms with E-state index >= 15 is 0 Å². The normalized spacial score (nSPS) is 12.1. The average molecular weight is 391 g/mol. The van der Waals surface area contributed by atoms with Gasteiger partial charge in [0, 0.05) is 17.6 Å². The van der Waals surface area contributed by atoms with Gasteiger partial charge in [-0.1, -0.05) is 41.9 Å². The van der Waals surface area contributed by atoms with Gasteiger partial charge in [-0.25, -0.2) is 9.97 Å². The van der Waals surface area contributed by atoms with Crippen LogP contribution in [0.3, 0.4) is 0 Å². The van der Waals surface area contributed by atoms with Crippen LogP contribution in [0.4, 0.5) is 5.82 Å². The standard InChI is InChI=1S/C22H19ClN4O/c1-14(25-20-11-12-24-15(2)26-20)19-13-16-7-6-10-18(23)21(16)22(28)27(19)17-8-4-3-5-9-17/h3-14H,1-2H3,(H,24,25,26)/t14-/m0/s1. The van der Waals surface area contributed by atoms with Crippen molar-refractivity contribution in [1.29, 1.82) is 0 Å². The number of rotatable bonds is 4.